The van der Waals surface area contributed by atoms with E-state index in [0.717, 1.165) is 5.82 Å². The Bertz CT molecular complexity index is 762. The van der Waals surface area contributed by atoms with Gasteiger partial charge < -0.3 is 41.6 Å². The first-order valence-corrected chi connectivity index (χ1v) is 6.46. The van der Waals surface area contributed by atoms with Crippen molar-refractivity contribution in [1.29, 1.82) is 0 Å². The summed E-state index contributed by atoms with van der Waals surface area (Å²) in [4.78, 5) is 4.19. The van der Waals surface area contributed by atoms with E-state index in [4.69, 9.17) is 11.5 Å². The molecule has 0 aliphatic heterocycles. The van der Waals surface area contributed by atoms with Gasteiger partial charge in [0, 0.05) is 6.54 Å². The van der Waals surface area contributed by atoms with Gasteiger partial charge in [-0.3, -0.25) is 0 Å². The Hall–Kier alpha value is -2.17. The first-order chi connectivity index (χ1) is 9.72. The van der Waals surface area contributed by atoms with Crippen LogP contribution in [0.4, 0.5) is 17.3 Å². The Morgan fingerprint density at radius 1 is 0.864 bits per heavy atom. The summed E-state index contributed by atoms with van der Waals surface area (Å²) in [5, 5.41) is 5.72. The van der Waals surface area contributed by atoms with E-state index in [1.807, 2.05) is 18.2 Å². The molecule has 0 saturated carbocycles. The predicted octanol–water partition coefficient (Wildman–Crippen LogP) is -2.98. The number of rotatable bonds is 3. The summed E-state index contributed by atoms with van der Waals surface area (Å²) in [5.74, 6) is 1.08. The third-order valence-corrected chi connectivity index (χ3v) is 3.24. The summed E-state index contributed by atoms with van der Waals surface area (Å²) < 4.78 is 0. The predicted molar refractivity (Wildman–Crippen MR) is 84.3 cm³/mol. The van der Waals surface area contributed by atoms with Gasteiger partial charge in [0.05, 0.1) is 5.69 Å². The zero-order chi connectivity index (χ0) is 13.9. The molecule has 0 spiro atoms. The minimum absolute atomic E-state index is 0. The Morgan fingerprint density at radius 2 is 1.59 bits per heavy atom. The highest BCUT2D eigenvalue weighted by Crippen LogP contribution is 2.18. The fraction of sp³-hybridized carbons (Fsp3) is 0.0625. The van der Waals surface area contributed by atoms with E-state index in [1.54, 1.807) is 6.07 Å². The van der Waals surface area contributed by atoms with Crippen LogP contribution in [0.5, 0.6) is 0 Å². The number of nitrogens with zero attached hydrogens (tertiary/aromatic N) is 1. The van der Waals surface area contributed by atoms with Crippen molar-refractivity contribution in [3.05, 3.63) is 60.2 Å². The van der Waals surface area contributed by atoms with Gasteiger partial charge in [-0.05, 0) is 34.5 Å². The molecule has 22 heavy (non-hydrogen) atoms. The van der Waals surface area contributed by atoms with Crippen LogP contribution in [0.25, 0.3) is 10.8 Å². The number of hydrogen-bond donors (Lipinski definition) is 3. The van der Waals surface area contributed by atoms with Crippen LogP contribution in [0.2, 0.25) is 0 Å². The number of benzene rings is 2. The summed E-state index contributed by atoms with van der Waals surface area (Å²) in [5.41, 5.74) is 13.0. The number of nitrogens with two attached hydrogens (primary N) is 2. The van der Waals surface area contributed by atoms with Crippen molar-refractivity contribution < 1.29 is 24.8 Å². The first kappa shape index (κ1) is 17.9. The first-order valence-electron chi connectivity index (χ1n) is 6.46. The van der Waals surface area contributed by atoms with E-state index in [9.17, 15) is 0 Å². The van der Waals surface area contributed by atoms with Gasteiger partial charge in [-0.25, -0.2) is 4.98 Å². The molecule has 4 nitrogen and oxygen atoms in total. The quantitative estimate of drug-likeness (QED) is 0.478. The molecular weight excluding hydrogens is 319 g/mol. The monoisotopic (exact) mass is 334 g/mol. The Kier molecular flexibility index (Phi) is 6.28. The number of aromatic nitrogens is 1. The standard InChI is InChI=1S/C16H16N4.2ClH/c17-14-7-8-15(20-16(14)18)19-10-11-5-6-12-3-1-2-4-13(12)9-11;;/h1-9H,10,17H2,(H3,18,19,20);2*1H/p-2. The number of pyridine rings is 1. The topological polar surface area (TPSA) is 77.0 Å². The van der Waals surface area contributed by atoms with Gasteiger partial charge >= 0.3 is 0 Å². The highest BCUT2D eigenvalue weighted by atomic mass is 35.5. The van der Waals surface area contributed by atoms with Crippen molar-refractivity contribution in [3.63, 3.8) is 0 Å². The molecule has 0 bridgehead atoms. The second kappa shape index (κ2) is 7.73. The highest BCUT2D eigenvalue weighted by Gasteiger charge is 2.00. The Balaban J connectivity index is 0.00000121. The molecule has 1 aromatic heterocycles. The average Bonchev–Trinajstić information content (AvgIpc) is 2.48. The zero-order valence-electron chi connectivity index (χ0n) is 11.8. The molecule has 0 aliphatic carbocycles. The van der Waals surface area contributed by atoms with Gasteiger partial charge in [-0.15, -0.1) is 0 Å². The lowest BCUT2D eigenvalue weighted by molar-refractivity contribution is -0.001000. The van der Waals surface area contributed by atoms with E-state index in [2.05, 4.69) is 40.6 Å². The number of anilines is 3. The molecule has 1 heterocycles. The molecule has 6 heteroatoms. The summed E-state index contributed by atoms with van der Waals surface area (Å²) >= 11 is 0. The summed E-state index contributed by atoms with van der Waals surface area (Å²) in [6, 6.07) is 18.3. The van der Waals surface area contributed by atoms with E-state index in [1.165, 1.54) is 16.3 Å². The molecule has 0 fully saturated rings. The van der Waals surface area contributed by atoms with Gasteiger partial charge in [0.25, 0.3) is 0 Å². The van der Waals surface area contributed by atoms with Crippen LogP contribution < -0.4 is 41.6 Å². The molecule has 116 valence electrons. The molecular formula is C16H16Cl2N4-2. The number of fused-ring (bicyclic) bond motifs is 1. The SMILES string of the molecule is Nc1ccc(NCc2ccc3ccccc3c2)nc1N.[Cl-].[Cl-]. The van der Waals surface area contributed by atoms with E-state index >= 15 is 0 Å². The Morgan fingerprint density at radius 3 is 2.32 bits per heavy atom. The van der Waals surface area contributed by atoms with Crippen molar-refractivity contribution in [2.75, 3.05) is 16.8 Å². The molecule has 0 amide bonds. The fourth-order valence-electron chi connectivity index (χ4n) is 2.13. The molecule has 2 aromatic carbocycles. The van der Waals surface area contributed by atoms with E-state index < -0.39 is 0 Å². The van der Waals surface area contributed by atoms with Crippen molar-refractivity contribution >= 4 is 28.1 Å². The van der Waals surface area contributed by atoms with Crippen LogP contribution in [0, 0.1) is 0 Å². The largest absolute Gasteiger partial charge is 1.00 e. The number of nitrogens with one attached hydrogen (secondary N) is 1. The molecule has 3 aromatic rings. The van der Waals surface area contributed by atoms with Crippen LogP contribution >= 0.6 is 0 Å². The van der Waals surface area contributed by atoms with E-state index in [-0.39, 0.29) is 24.8 Å². The lowest BCUT2D eigenvalue weighted by Crippen LogP contribution is -3.00. The molecule has 5 N–H and O–H groups in total. The van der Waals surface area contributed by atoms with E-state index in [0.29, 0.717) is 18.1 Å². The van der Waals surface area contributed by atoms with Crippen molar-refractivity contribution in [2.45, 2.75) is 6.54 Å². The number of nitrogen functional groups attached to an aromatic ring is 2. The lowest BCUT2D eigenvalue weighted by Gasteiger charge is -2.08. The van der Waals surface area contributed by atoms with Crippen LogP contribution in [0.15, 0.2) is 54.6 Å². The van der Waals surface area contributed by atoms with Gasteiger partial charge in [-0.1, -0.05) is 36.4 Å². The Labute approximate surface area is 141 Å². The second-order valence-electron chi connectivity index (χ2n) is 4.71. The van der Waals surface area contributed by atoms with Crippen LogP contribution in [0.1, 0.15) is 5.56 Å². The number of halogens is 2. The zero-order valence-corrected chi connectivity index (χ0v) is 13.3. The minimum Gasteiger partial charge on any atom is -1.00 e. The molecule has 0 unspecified atom stereocenters. The molecule has 0 saturated heterocycles. The normalized spacial score (nSPS) is 9.64. The average molecular weight is 335 g/mol. The van der Waals surface area contributed by atoms with Crippen molar-refractivity contribution in [1.82, 2.24) is 4.98 Å². The van der Waals surface area contributed by atoms with Gasteiger partial charge in [0.15, 0.2) is 0 Å². The summed E-state index contributed by atoms with van der Waals surface area (Å²) in [6.45, 7) is 0.696. The minimum atomic E-state index is 0. The van der Waals surface area contributed by atoms with Crippen molar-refractivity contribution in [3.8, 4) is 0 Å². The third-order valence-electron chi connectivity index (χ3n) is 3.24. The maximum absolute atomic E-state index is 5.69. The van der Waals surface area contributed by atoms with Crippen LogP contribution in [-0.4, -0.2) is 4.98 Å². The van der Waals surface area contributed by atoms with Gasteiger partial charge in [0.1, 0.15) is 11.6 Å². The van der Waals surface area contributed by atoms with Crippen LogP contribution in [-0.2, 0) is 6.54 Å². The molecule has 0 radical (unpaired) electrons. The summed E-state index contributed by atoms with van der Waals surface area (Å²) in [6.07, 6.45) is 0. The fourth-order valence-corrected chi connectivity index (χ4v) is 2.13. The van der Waals surface area contributed by atoms with Crippen LogP contribution in [0.3, 0.4) is 0 Å². The second-order valence-corrected chi connectivity index (χ2v) is 4.71. The third kappa shape index (κ3) is 3.93. The van der Waals surface area contributed by atoms with Gasteiger partial charge in [0.2, 0.25) is 0 Å². The van der Waals surface area contributed by atoms with Crippen molar-refractivity contribution in [2.24, 2.45) is 0 Å². The molecule has 3 rings (SSSR count). The lowest BCUT2D eigenvalue weighted by atomic mass is 10.1. The number of hydrogen-bond acceptors (Lipinski definition) is 4. The maximum Gasteiger partial charge on any atom is 0.149 e. The summed E-state index contributed by atoms with van der Waals surface area (Å²) in [7, 11) is 0. The molecule has 0 aliphatic rings. The maximum atomic E-state index is 5.69. The van der Waals surface area contributed by atoms with Gasteiger partial charge in [-0.2, -0.15) is 0 Å². The molecule has 0 atom stereocenters. The smallest absolute Gasteiger partial charge is 0.149 e. The highest BCUT2D eigenvalue weighted by molar-refractivity contribution is 5.83.